The molecule has 2 aromatic carbocycles. The third kappa shape index (κ3) is 8.98. The van der Waals surface area contributed by atoms with E-state index in [2.05, 4.69) is 31.9 Å². The first-order chi connectivity index (χ1) is 18.3. The Labute approximate surface area is 252 Å². The molecule has 0 amide bonds. The maximum absolute atomic E-state index is 12.6. The lowest BCUT2D eigenvalue weighted by atomic mass is 9.93. The molecule has 2 rings (SSSR count). The summed E-state index contributed by atoms with van der Waals surface area (Å²) in [5.41, 5.74) is -2.59. The third-order valence-electron chi connectivity index (χ3n) is 5.72. The Bertz CT molecular complexity index is 1210. The zero-order chi connectivity index (χ0) is 30.6. The molecule has 2 aromatic rings. The number of hydrogen-bond donors (Lipinski definition) is 2. The van der Waals surface area contributed by atoms with Crippen molar-refractivity contribution in [1.82, 2.24) is 0 Å². The number of phenolic OH excluding ortho intramolecular Hbond substituents is 1. The van der Waals surface area contributed by atoms with Gasteiger partial charge in [-0.3, -0.25) is 9.59 Å². The molecule has 0 spiro atoms. The van der Waals surface area contributed by atoms with E-state index in [-0.39, 0.29) is 17.2 Å². The molecule has 0 radical (unpaired) electrons. The van der Waals surface area contributed by atoms with E-state index in [1.165, 1.54) is 0 Å². The van der Waals surface area contributed by atoms with Crippen LogP contribution in [0, 0.1) is 10.8 Å². The van der Waals surface area contributed by atoms with Crippen molar-refractivity contribution >= 4 is 52.1 Å². The summed E-state index contributed by atoms with van der Waals surface area (Å²) in [7, 11) is -3.23. The standard InChI is InChI=1S/C28H35Br2O9P/c1-16(2)19-13-18(9-10-22(19)31)38-23-20(29)11-17(12-21(23)30)28(39-40(34)35,14-36-24(32)26(3,4)5)15-37-25(33)27(6,7)8/h9-13,16H,14-15H2,1-8H3,(H-,31,34,35)/p+1. The molecule has 220 valence electrons. The second-order valence-corrected chi connectivity index (χ2v) is 14.1. The van der Waals surface area contributed by atoms with Crippen LogP contribution in [0.15, 0.2) is 39.3 Å². The van der Waals surface area contributed by atoms with Crippen LogP contribution in [0.2, 0.25) is 0 Å². The summed E-state index contributed by atoms with van der Waals surface area (Å²) in [5.74, 6) is -0.114. The van der Waals surface area contributed by atoms with E-state index in [0.29, 0.717) is 26.0 Å². The van der Waals surface area contributed by atoms with Gasteiger partial charge in [-0.2, -0.15) is 0 Å². The molecule has 1 unspecified atom stereocenters. The molecular formula is C28H36Br2O9P+. The normalized spacial score (nSPS) is 12.8. The molecule has 9 nitrogen and oxygen atoms in total. The Balaban J connectivity index is 2.59. The van der Waals surface area contributed by atoms with E-state index in [4.69, 9.17) is 18.7 Å². The first kappa shape index (κ1) is 34.2. The molecule has 0 saturated heterocycles. The van der Waals surface area contributed by atoms with Crippen molar-refractivity contribution in [2.45, 2.75) is 66.9 Å². The highest BCUT2D eigenvalue weighted by molar-refractivity contribution is 9.11. The summed E-state index contributed by atoms with van der Waals surface area (Å²) in [6.45, 7) is 12.8. The van der Waals surface area contributed by atoms with Gasteiger partial charge >= 0.3 is 20.2 Å². The summed E-state index contributed by atoms with van der Waals surface area (Å²) in [6.07, 6.45) is 0. The molecule has 0 aliphatic heterocycles. The second kappa shape index (κ2) is 13.3. The van der Waals surface area contributed by atoms with Crippen molar-refractivity contribution in [1.29, 1.82) is 0 Å². The minimum atomic E-state index is -3.23. The van der Waals surface area contributed by atoms with Crippen LogP contribution in [0.5, 0.6) is 17.2 Å². The highest BCUT2D eigenvalue weighted by Crippen LogP contribution is 2.44. The first-order valence-electron chi connectivity index (χ1n) is 12.5. The van der Waals surface area contributed by atoms with Crippen molar-refractivity contribution in [3.8, 4) is 17.2 Å². The quantitative estimate of drug-likeness (QED) is 0.187. The van der Waals surface area contributed by atoms with Crippen LogP contribution in [0.4, 0.5) is 0 Å². The molecule has 0 bridgehead atoms. The van der Waals surface area contributed by atoms with Crippen molar-refractivity contribution in [3.63, 3.8) is 0 Å². The number of halogens is 2. The largest absolute Gasteiger partial charge is 0.695 e. The molecule has 0 saturated carbocycles. The van der Waals surface area contributed by atoms with E-state index < -0.39 is 49.8 Å². The summed E-state index contributed by atoms with van der Waals surface area (Å²) in [6, 6.07) is 8.03. The molecule has 1 atom stereocenters. The third-order valence-corrected chi connectivity index (χ3v) is 7.40. The van der Waals surface area contributed by atoms with Gasteiger partial charge in [0.15, 0.2) is 5.75 Å². The summed E-state index contributed by atoms with van der Waals surface area (Å²) >= 11 is 6.98. The number of carbonyl (C=O) groups is 2. The van der Waals surface area contributed by atoms with Crippen LogP contribution in [-0.2, 0) is 33.8 Å². The number of aromatic hydroxyl groups is 1. The van der Waals surface area contributed by atoms with Gasteiger partial charge in [0.05, 0.1) is 19.8 Å². The van der Waals surface area contributed by atoms with Gasteiger partial charge in [-0.05, 0) is 115 Å². The predicted octanol–water partition coefficient (Wildman–Crippen LogP) is 7.87. The van der Waals surface area contributed by atoms with E-state index in [1.54, 1.807) is 71.9 Å². The van der Waals surface area contributed by atoms with E-state index >= 15 is 0 Å². The van der Waals surface area contributed by atoms with Gasteiger partial charge in [0.25, 0.3) is 0 Å². The minimum Gasteiger partial charge on any atom is -0.508 e. The zero-order valence-electron chi connectivity index (χ0n) is 23.8. The van der Waals surface area contributed by atoms with Crippen LogP contribution < -0.4 is 4.74 Å². The van der Waals surface area contributed by atoms with Gasteiger partial charge < -0.3 is 19.3 Å². The van der Waals surface area contributed by atoms with Gasteiger partial charge in [0.1, 0.15) is 24.7 Å². The van der Waals surface area contributed by atoms with Crippen molar-refractivity contribution in [3.05, 3.63) is 50.4 Å². The fraction of sp³-hybridized carbons (Fsp3) is 0.500. The predicted molar refractivity (Wildman–Crippen MR) is 158 cm³/mol. The van der Waals surface area contributed by atoms with Crippen LogP contribution in [0.1, 0.15) is 72.4 Å². The van der Waals surface area contributed by atoms with Gasteiger partial charge in [-0.1, -0.05) is 13.8 Å². The Morgan fingerprint density at radius 1 is 0.900 bits per heavy atom. The summed E-state index contributed by atoms with van der Waals surface area (Å²) in [4.78, 5) is 35.1. The SMILES string of the molecule is CC(C)c1cc(Oc2c(Br)cc(C(COC(=O)C(C)(C)C)(COC(=O)C(C)(C)C)O[P+](=O)O)cc2Br)ccc1O. The van der Waals surface area contributed by atoms with Gasteiger partial charge in [-0.25, -0.2) is 0 Å². The molecule has 0 aliphatic rings. The van der Waals surface area contributed by atoms with Crippen LogP contribution in [0.25, 0.3) is 0 Å². The van der Waals surface area contributed by atoms with Gasteiger partial charge in [-0.15, -0.1) is 9.42 Å². The number of rotatable bonds is 10. The van der Waals surface area contributed by atoms with Crippen molar-refractivity contribution in [2.75, 3.05) is 13.2 Å². The fourth-order valence-electron chi connectivity index (χ4n) is 3.36. The lowest BCUT2D eigenvalue weighted by Gasteiger charge is -2.30. The zero-order valence-corrected chi connectivity index (χ0v) is 27.9. The number of hydrogen-bond acceptors (Lipinski definition) is 8. The molecule has 12 heteroatoms. The Hall–Kier alpha value is -2.04. The van der Waals surface area contributed by atoms with Crippen LogP contribution in [-0.4, -0.2) is 35.2 Å². The average molecular weight is 707 g/mol. The maximum atomic E-state index is 12.6. The molecule has 0 fully saturated rings. The van der Waals surface area contributed by atoms with Gasteiger partial charge in [0, 0.05) is 10.1 Å². The highest BCUT2D eigenvalue weighted by Gasteiger charge is 2.47. The Kier molecular flexibility index (Phi) is 11.4. The number of ether oxygens (including phenoxy) is 3. The molecule has 0 aromatic heterocycles. The van der Waals surface area contributed by atoms with Crippen molar-refractivity contribution < 1.29 is 42.9 Å². The van der Waals surface area contributed by atoms with Crippen LogP contribution in [0.3, 0.4) is 0 Å². The number of benzene rings is 2. The van der Waals surface area contributed by atoms with E-state index in [1.807, 2.05) is 13.8 Å². The van der Waals surface area contributed by atoms with E-state index in [9.17, 15) is 24.2 Å². The lowest BCUT2D eigenvalue weighted by molar-refractivity contribution is -0.170. The fourth-order valence-corrected chi connectivity index (χ4v) is 5.22. The van der Waals surface area contributed by atoms with Crippen molar-refractivity contribution in [2.24, 2.45) is 10.8 Å². The summed E-state index contributed by atoms with van der Waals surface area (Å²) in [5, 5.41) is 10.2. The Morgan fingerprint density at radius 2 is 1.38 bits per heavy atom. The number of phenols is 1. The second-order valence-electron chi connectivity index (χ2n) is 11.7. The molecular weight excluding hydrogens is 671 g/mol. The maximum Gasteiger partial charge on any atom is 0.695 e. The van der Waals surface area contributed by atoms with Crippen LogP contribution >= 0.6 is 40.1 Å². The monoisotopic (exact) mass is 705 g/mol. The average Bonchev–Trinajstić information content (AvgIpc) is 2.81. The van der Waals surface area contributed by atoms with E-state index in [0.717, 1.165) is 0 Å². The lowest BCUT2D eigenvalue weighted by Crippen LogP contribution is -2.42. The molecule has 2 N–H and O–H groups in total. The summed E-state index contributed by atoms with van der Waals surface area (Å²) < 4.78 is 35.5. The smallest absolute Gasteiger partial charge is 0.508 e. The molecule has 0 aliphatic carbocycles. The minimum absolute atomic E-state index is 0.0580. The van der Waals surface area contributed by atoms with Gasteiger partial charge in [0.2, 0.25) is 5.60 Å². The topological polar surface area (TPSA) is 129 Å². The molecule has 0 heterocycles. The number of esters is 2. The highest BCUT2D eigenvalue weighted by atomic mass is 79.9. The number of carbonyl (C=O) groups excluding carboxylic acids is 2. The molecule has 40 heavy (non-hydrogen) atoms. The first-order valence-corrected chi connectivity index (χ1v) is 15.2. The Morgan fingerprint density at radius 3 is 1.77 bits per heavy atom.